The van der Waals surface area contributed by atoms with Crippen molar-refractivity contribution in [2.45, 2.75) is 29.7 Å². The summed E-state index contributed by atoms with van der Waals surface area (Å²) < 4.78 is 6.58. The maximum Gasteiger partial charge on any atom is 0.308 e. The number of aryl methyl sites for hydroxylation is 1. The van der Waals surface area contributed by atoms with Crippen molar-refractivity contribution in [2.75, 3.05) is 17.3 Å². The Hall–Kier alpha value is -4.15. The van der Waals surface area contributed by atoms with Gasteiger partial charge in [-0.3, -0.25) is 23.7 Å². The lowest BCUT2D eigenvalue weighted by atomic mass is 9.83. The van der Waals surface area contributed by atoms with Crippen LogP contribution in [0.3, 0.4) is 0 Å². The van der Waals surface area contributed by atoms with Crippen molar-refractivity contribution in [1.82, 2.24) is 4.57 Å². The van der Waals surface area contributed by atoms with Gasteiger partial charge in [-0.2, -0.15) is 0 Å². The number of carbonyl (C=O) groups excluding carboxylic acids is 3. The van der Waals surface area contributed by atoms with Crippen LogP contribution in [-0.2, 0) is 20.9 Å². The van der Waals surface area contributed by atoms with Gasteiger partial charge in [-0.05, 0) is 48.9 Å². The number of methoxy groups -OCH3 is 1. The van der Waals surface area contributed by atoms with Crippen LogP contribution in [-0.4, -0.2) is 34.6 Å². The van der Waals surface area contributed by atoms with Crippen LogP contribution in [0.4, 0.5) is 11.4 Å². The number of aromatic nitrogens is 1. The Kier molecular flexibility index (Phi) is 6.81. The number of hydrogen-bond acceptors (Lipinski definition) is 7. The Balaban J connectivity index is 1.37. The quantitative estimate of drug-likeness (QED) is 0.338. The van der Waals surface area contributed by atoms with Crippen LogP contribution in [0.5, 0.6) is 5.75 Å². The fraction of sp³-hybridized carbons (Fsp3) is 0.200. The van der Waals surface area contributed by atoms with Crippen molar-refractivity contribution in [2.24, 2.45) is 5.92 Å². The smallest absolute Gasteiger partial charge is 0.308 e. The van der Waals surface area contributed by atoms with E-state index in [1.165, 1.54) is 21.2 Å². The Bertz CT molecular complexity index is 1660. The Labute approximate surface area is 238 Å². The Morgan fingerprint density at radius 3 is 2.30 bits per heavy atom. The molecular formula is C30H25N3O5S2. The zero-order valence-corrected chi connectivity index (χ0v) is 23.3. The number of thiazole rings is 1. The molecule has 3 amide bonds. The molecular weight excluding hydrogens is 546 g/mol. The second kappa shape index (κ2) is 10.4. The first kappa shape index (κ1) is 26.1. The lowest BCUT2D eigenvalue weighted by molar-refractivity contribution is -0.122. The summed E-state index contributed by atoms with van der Waals surface area (Å²) in [7, 11) is 1.56. The lowest BCUT2D eigenvalue weighted by Crippen LogP contribution is -2.33. The van der Waals surface area contributed by atoms with Crippen LogP contribution in [0, 0.1) is 12.8 Å². The van der Waals surface area contributed by atoms with E-state index in [0.717, 1.165) is 22.5 Å². The number of benzene rings is 3. The van der Waals surface area contributed by atoms with Crippen LogP contribution >= 0.6 is 23.1 Å². The summed E-state index contributed by atoms with van der Waals surface area (Å²) in [5.74, 6) is -1.47. The van der Waals surface area contributed by atoms with E-state index in [1.807, 2.05) is 49.4 Å². The molecule has 3 atom stereocenters. The summed E-state index contributed by atoms with van der Waals surface area (Å²) >= 11 is 2.24. The van der Waals surface area contributed by atoms with Crippen molar-refractivity contribution in [3.63, 3.8) is 0 Å². The minimum atomic E-state index is -0.726. The van der Waals surface area contributed by atoms with Gasteiger partial charge in [0.15, 0.2) is 0 Å². The predicted octanol–water partition coefficient (Wildman–Crippen LogP) is 4.66. The van der Waals surface area contributed by atoms with E-state index in [9.17, 15) is 19.2 Å². The third-order valence-electron chi connectivity index (χ3n) is 7.18. The highest BCUT2D eigenvalue weighted by Crippen LogP contribution is 2.53. The SMILES string of the molecule is COc1ccc(NC(=O)Cn2c3c(sc2=O)[C@@H](c2ccccc2)[C@@H]2C(=O)N(c4ccc(C)cc4)C(=O)[C@@H]2S3)cc1. The van der Waals surface area contributed by atoms with Crippen molar-refractivity contribution in [3.05, 3.63) is 105 Å². The third kappa shape index (κ3) is 4.52. The largest absolute Gasteiger partial charge is 0.497 e. The average Bonchev–Trinajstić information content (AvgIpc) is 3.40. The zero-order valence-electron chi connectivity index (χ0n) is 21.7. The number of fused-ring (bicyclic) bond motifs is 2. The first-order valence-electron chi connectivity index (χ1n) is 12.7. The molecule has 202 valence electrons. The number of anilines is 2. The molecule has 0 spiro atoms. The van der Waals surface area contributed by atoms with Gasteiger partial charge in [-0.1, -0.05) is 71.1 Å². The van der Waals surface area contributed by atoms with E-state index in [-0.39, 0.29) is 29.1 Å². The Morgan fingerprint density at radius 1 is 0.925 bits per heavy atom. The first-order valence-corrected chi connectivity index (χ1v) is 14.4. The van der Waals surface area contributed by atoms with Crippen molar-refractivity contribution in [3.8, 4) is 5.75 Å². The number of ether oxygens (including phenoxy) is 1. The molecule has 2 aliphatic heterocycles. The molecule has 4 aromatic rings. The Morgan fingerprint density at radius 2 is 1.62 bits per heavy atom. The zero-order chi connectivity index (χ0) is 28.0. The van der Waals surface area contributed by atoms with E-state index in [0.29, 0.717) is 27.0 Å². The first-order chi connectivity index (χ1) is 19.4. The van der Waals surface area contributed by atoms with Gasteiger partial charge in [0.1, 0.15) is 17.5 Å². The van der Waals surface area contributed by atoms with Crippen molar-refractivity contribution < 1.29 is 19.1 Å². The molecule has 0 saturated carbocycles. The summed E-state index contributed by atoms with van der Waals surface area (Å²) in [6, 6.07) is 23.7. The van der Waals surface area contributed by atoms with Crippen LogP contribution in [0.25, 0.3) is 0 Å². The molecule has 1 saturated heterocycles. The monoisotopic (exact) mass is 571 g/mol. The maximum absolute atomic E-state index is 13.9. The molecule has 3 heterocycles. The van der Waals surface area contributed by atoms with Gasteiger partial charge in [-0.15, -0.1) is 0 Å². The van der Waals surface area contributed by atoms with Crippen LogP contribution < -0.4 is 19.8 Å². The molecule has 0 unspecified atom stereocenters. The highest BCUT2D eigenvalue weighted by Gasteiger charge is 2.56. The fourth-order valence-corrected chi connectivity index (χ4v) is 8.01. The number of thioether (sulfide) groups is 1. The molecule has 8 nitrogen and oxygen atoms in total. The van der Waals surface area contributed by atoms with Gasteiger partial charge in [-0.25, -0.2) is 4.90 Å². The average molecular weight is 572 g/mol. The normalized spacial score (nSPS) is 19.8. The molecule has 1 aromatic heterocycles. The molecule has 10 heteroatoms. The van der Waals surface area contributed by atoms with Gasteiger partial charge >= 0.3 is 4.87 Å². The standard InChI is InChI=1S/C30H25N3O5S2/c1-17-8-12-20(13-9-17)33-27(35)24-23(18-6-4-3-5-7-18)26-29(39-25(24)28(33)36)32(30(37)40-26)16-22(34)31-19-10-14-21(38-2)15-11-19/h3-15,23-25H,16H2,1-2H3,(H,31,34)/t23-,24-,25+/m0/s1. The minimum Gasteiger partial charge on any atom is -0.497 e. The van der Waals surface area contributed by atoms with Crippen molar-refractivity contribution >= 4 is 52.2 Å². The molecule has 0 aliphatic carbocycles. The number of hydrogen-bond donors (Lipinski definition) is 1. The highest BCUT2D eigenvalue weighted by atomic mass is 32.2. The summed E-state index contributed by atoms with van der Waals surface area (Å²) in [6.07, 6.45) is 0. The molecule has 40 heavy (non-hydrogen) atoms. The van der Waals surface area contributed by atoms with E-state index in [4.69, 9.17) is 4.74 Å². The molecule has 1 N–H and O–H groups in total. The van der Waals surface area contributed by atoms with Gasteiger partial charge in [0, 0.05) is 16.5 Å². The van der Waals surface area contributed by atoms with Gasteiger partial charge < -0.3 is 10.1 Å². The number of nitrogens with zero attached hydrogens (tertiary/aromatic N) is 2. The van der Waals surface area contributed by atoms with E-state index in [1.54, 1.807) is 43.5 Å². The van der Waals surface area contributed by atoms with Crippen LogP contribution in [0.1, 0.15) is 21.9 Å². The molecule has 1 fully saturated rings. The van der Waals surface area contributed by atoms with E-state index >= 15 is 0 Å². The van der Waals surface area contributed by atoms with Gasteiger partial charge in [0.05, 0.1) is 23.7 Å². The van der Waals surface area contributed by atoms with Crippen LogP contribution in [0.2, 0.25) is 0 Å². The van der Waals surface area contributed by atoms with Crippen LogP contribution in [0.15, 0.2) is 88.7 Å². The summed E-state index contributed by atoms with van der Waals surface area (Å²) in [5.41, 5.74) is 2.98. The summed E-state index contributed by atoms with van der Waals surface area (Å²) in [6.45, 7) is 1.73. The third-order valence-corrected chi connectivity index (χ3v) is 9.78. The van der Waals surface area contributed by atoms with Gasteiger partial charge in [0.25, 0.3) is 0 Å². The number of nitrogens with one attached hydrogen (secondary N) is 1. The van der Waals surface area contributed by atoms with E-state index in [2.05, 4.69) is 5.32 Å². The molecule has 0 bridgehead atoms. The van der Waals surface area contributed by atoms with Gasteiger partial charge in [0.2, 0.25) is 17.7 Å². The maximum atomic E-state index is 13.9. The molecule has 6 rings (SSSR count). The summed E-state index contributed by atoms with van der Waals surface area (Å²) in [5, 5.41) is 2.65. The topological polar surface area (TPSA) is 97.7 Å². The number of imide groups is 1. The molecule has 2 aliphatic rings. The summed E-state index contributed by atoms with van der Waals surface area (Å²) in [4.78, 5) is 55.6. The highest BCUT2D eigenvalue weighted by molar-refractivity contribution is 8.00. The second-order valence-corrected chi connectivity index (χ2v) is 11.8. The lowest BCUT2D eigenvalue weighted by Gasteiger charge is -2.30. The van der Waals surface area contributed by atoms with E-state index < -0.39 is 17.1 Å². The minimum absolute atomic E-state index is 0.216. The number of carbonyl (C=O) groups is 3. The number of amides is 3. The molecule has 3 aromatic carbocycles. The van der Waals surface area contributed by atoms with Crippen molar-refractivity contribution in [1.29, 1.82) is 0 Å². The fourth-order valence-electron chi connectivity index (χ4n) is 5.24. The second-order valence-electron chi connectivity index (χ2n) is 9.70. The predicted molar refractivity (Wildman–Crippen MR) is 155 cm³/mol. The molecule has 0 radical (unpaired) electrons. The number of rotatable bonds is 6.